The second-order valence-electron chi connectivity index (χ2n) is 4.59. The van der Waals surface area contributed by atoms with Crippen LogP contribution in [0, 0.1) is 13.8 Å². The summed E-state index contributed by atoms with van der Waals surface area (Å²) in [6.45, 7) is 6.21. The van der Waals surface area contributed by atoms with Gasteiger partial charge in [-0.25, -0.2) is 0 Å². The molecule has 1 fully saturated rings. The van der Waals surface area contributed by atoms with Crippen LogP contribution in [0.4, 0.5) is 0 Å². The number of halogens is 1. The van der Waals surface area contributed by atoms with E-state index in [-0.39, 0.29) is 5.75 Å². The summed E-state index contributed by atoms with van der Waals surface area (Å²) in [5.74, 6) is 0.786. The second-order valence-corrected chi connectivity index (χ2v) is 4.97. The number of rotatable bonds is 1. The fraction of sp³-hybridized carbons (Fsp3) is 0.538. The highest BCUT2D eigenvalue weighted by atomic mass is 35.5. The van der Waals surface area contributed by atoms with Gasteiger partial charge in [0.25, 0.3) is 0 Å². The van der Waals surface area contributed by atoms with E-state index in [4.69, 9.17) is 11.6 Å². The van der Waals surface area contributed by atoms with Crippen molar-refractivity contribution < 1.29 is 5.11 Å². The molecule has 1 saturated heterocycles. The van der Waals surface area contributed by atoms with E-state index in [9.17, 15) is 5.11 Å². The quantitative estimate of drug-likeness (QED) is 0.789. The van der Waals surface area contributed by atoms with E-state index in [1.165, 1.54) is 5.56 Å². The standard InChI is InChI=1S/C13H18ClNO/c1-8-7-11(16)13(14)9(2)12(8)10-3-5-15-6-4-10/h7,10,15-16H,3-6H2,1-2H3. The van der Waals surface area contributed by atoms with Crippen LogP contribution in [0.5, 0.6) is 5.75 Å². The van der Waals surface area contributed by atoms with Crippen molar-refractivity contribution in [1.29, 1.82) is 0 Å². The van der Waals surface area contributed by atoms with E-state index in [1.54, 1.807) is 6.07 Å². The Kier molecular flexibility index (Phi) is 3.41. The zero-order valence-electron chi connectivity index (χ0n) is 9.81. The van der Waals surface area contributed by atoms with Gasteiger partial charge in [0.15, 0.2) is 0 Å². The Hall–Kier alpha value is -0.730. The molecule has 0 radical (unpaired) electrons. The van der Waals surface area contributed by atoms with Crippen LogP contribution in [0.2, 0.25) is 5.02 Å². The van der Waals surface area contributed by atoms with E-state index in [0.29, 0.717) is 10.9 Å². The second kappa shape index (κ2) is 4.64. The van der Waals surface area contributed by atoms with Gasteiger partial charge in [-0.3, -0.25) is 0 Å². The fourth-order valence-corrected chi connectivity index (χ4v) is 2.85. The minimum Gasteiger partial charge on any atom is -0.506 e. The van der Waals surface area contributed by atoms with Gasteiger partial charge in [-0.1, -0.05) is 11.6 Å². The number of phenols is 1. The Labute approximate surface area is 102 Å². The van der Waals surface area contributed by atoms with E-state index in [0.717, 1.165) is 37.1 Å². The van der Waals surface area contributed by atoms with Crippen molar-refractivity contribution >= 4 is 11.6 Å². The maximum atomic E-state index is 9.66. The highest BCUT2D eigenvalue weighted by Crippen LogP contribution is 2.38. The van der Waals surface area contributed by atoms with Crippen LogP contribution in [0.3, 0.4) is 0 Å². The lowest BCUT2D eigenvalue weighted by Crippen LogP contribution is -2.27. The average Bonchev–Trinajstić information content (AvgIpc) is 2.28. The molecule has 1 heterocycles. The van der Waals surface area contributed by atoms with Crippen molar-refractivity contribution in [2.75, 3.05) is 13.1 Å². The Morgan fingerprint density at radius 3 is 2.56 bits per heavy atom. The summed E-state index contributed by atoms with van der Waals surface area (Å²) in [7, 11) is 0. The third kappa shape index (κ3) is 2.04. The first-order valence-electron chi connectivity index (χ1n) is 5.80. The summed E-state index contributed by atoms with van der Waals surface area (Å²) in [5.41, 5.74) is 3.54. The summed E-state index contributed by atoms with van der Waals surface area (Å²) in [5, 5.41) is 13.5. The minimum absolute atomic E-state index is 0.203. The molecule has 2 rings (SSSR count). The van der Waals surface area contributed by atoms with Gasteiger partial charge in [-0.05, 0) is 68.5 Å². The molecule has 1 aliphatic heterocycles. The number of aromatic hydroxyl groups is 1. The van der Waals surface area contributed by atoms with E-state index in [1.807, 2.05) is 6.92 Å². The molecule has 0 bridgehead atoms. The normalized spacial score (nSPS) is 17.7. The predicted octanol–water partition coefficient (Wildman–Crippen LogP) is 3.13. The molecule has 1 aromatic rings. The molecular weight excluding hydrogens is 222 g/mol. The lowest BCUT2D eigenvalue weighted by atomic mass is 9.84. The highest BCUT2D eigenvalue weighted by molar-refractivity contribution is 6.32. The van der Waals surface area contributed by atoms with E-state index >= 15 is 0 Å². The summed E-state index contributed by atoms with van der Waals surface area (Å²) in [6, 6.07) is 1.78. The molecule has 0 amide bonds. The van der Waals surface area contributed by atoms with Crippen molar-refractivity contribution in [2.45, 2.75) is 32.6 Å². The zero-order valence-corrected chi connectivity index (χ0v) is 10.6. The van der Waals surface area contributed by atoms with Gasteiger partial charge in [-0.15, -0.1) is 0 Å². The number of benzene rings is 1. The number of piperidine rings is 1. The first-order chi connectivity index (χ1) is 7.61. The summed E-state index contributed by atoms with van der Waals surface area (Å²) < 4.78 is 0. The lowest BCUT2D eigenvalue weighted by Gasteiger charge is -2.26. The SMILES string of the molecule is Cc1cc(O)c(Cl)c(C)c1C1CCNCC1. The van der Waals surface area contributed by atoms with Crippen molar-refractivity contribution in [3.63, 3.8) is 0 Å². The highest BCUT2D eigenvalue weighted by Gasteiger charge is 2.21. The van der Waals surface area contributed by atoms with Crippen LogP contribution in [0.1, 0.15) is 35.4 Å². The van der Waals surface area contributed by atoms with Gasteiger partial charge < -0.3 is 10.4 Å². The van der Waals surface area contributed by atoms with Crippen LogP contribution < -0.4 is 5.32 Å². The molecule has 3 heteroatoms. The maximum Gasteiger partial charge on any atom is 0.134 e. The van der Waals surface area contributed by atoms with Crippen LogP contribution in [0.15, 0.2) is 6.07 Å². The minimum atomic E-state index is 0.203. The van der Waals surface area contributed by atoms with Crippen molar-refractivity contribution in [3.05, 3.63) is 27.8 Å². The fourth-order valence-electron chi connectivity index (χ4n) is 2.69. The molecule has 2 nitrogen and oxygen atoms in total. The van der Waals surface area contributed by atoms with Gasteiger partial charge in [0.05, 0.1) is 5.02 Å². The number of phenolic OH excluding ortho intramolecular Hbond substituents is 1. The molecule has 16 heavy (non-hydrogen) atoms. The molecule has 0 aliphatic carbocycles. The average molecular weight is 240 g/mol. The molecule has 0 saturated carbocycles. The smallest absolute Gasteiger partial charge is 0.134 e. The molecule has 1 aromatic carbocycles. The van der Waals surface area contributed by atoms with Gasteiger partial charge in [0, 0.05) is 0 Å². The van der Waals surface area contributed by atoms with Gasteiger partial charge in [-0.2, -0.15) is 0 Å². The molecule has 88 valence electrons. The Balaban J connectivity index is 2.42. The molecule has 0 unspecified atom stereocenters. The third-order valence-corrected chi connectivity index (χ3v) is 3.96. The molecule has 1 aliphatic rings. The van der Waals surface area contributed by atoms with Crippen LogP contribution >= 0.6 is 11.6 Å². The predicted molar refractivity (Wildman–Crippen MR) is 67.4 cm³/mol. The monoisotopic (exact) mass is 239 g/mol. The number of nitrogens with one attached hydrogen (secondary N) is 1. The maximum absolute atomic E-state index is 9.66. The summed E-state index contributed by atoms with van der Waals surface area (Å²) >= 11 is 6.11. The summed E-state index contributed by atoms with van der Waals surface area (Å²) in [4.78, 5) is 0. The first-order valence-corrected chi connectivity index (χ1v) is 6.18. The first kappa shape index (κ1) is 11.7. The number of hydrogen-bond donors (Lipinski definition) is 2. The molecular formula is C13H18ClNO. The largest absolute Gasteiger partial charge is 0.506 e. The molecule has 2 N–H and O–H groups in total. The number of hydrogen-bond acceptors (Lipinski definition) is 2. The van der Waals surface area contributed by atoms with Crippen molar-refractivity contribution in [1.82, 2.24) is 5.32 Å². The van der Waals surface area contributed by atoms with Gasteiger partial charge >= 0.3 is 0 Å². The van der Waals surface area contributed by atoms with Crippen LogP contribution in [0.25, 0.3) is 0 Å². The molecule has 0 aromatic heterocycles. The van der Waals surface area contributed by atoms with Crippen LogP contribution in [-0.4, -0.2) is 18.2 Å². The lowest BCUT2D eigenvalue weighted by molar-refractivity contribution is 0.453. The van der Waals surface area contributed by atoms with E-state index < -0.39 is 0 Å². The van der Waals surface area contributed by atoms with Crippen molar-refractivity contribution in [2.24, 2.45) is 0 Å². The Morgan fingerprint density at radius 1 is 1.31 bits per heavy atom. The number of aryl methyl sites for hydroxylation is 1. The van der Waals surface area contributed by atoms with Gasteiger partial charge in [0.2, 0.25) is 0 Å². The molecule has 0 atom stereocenters. The molecule has 0 spiro atoms. The Morgan fingerprint density at radius 2 is 1.94 bits per heavy atom. The third-order valence-electron chi connectivity index (χ3n) is 3.48. The summed E-state index contributed by atoms with van der Waals surface area (Å²) in [6.07, 6.45) is 2.31. The zero-order chi connectivity index (χ0) is 11.7. The van der Waals surface area contributed by atoms with Gasteiger partial charge in [0.1, 0.15) is 5.75 Å². The Bertz CT molecular complexity index is 397. The van der Waals surface area contributed by atoms with E-state index in [2.05, 4.69) is 12.2 Å². The van der Waals surface area contributed by atoms with Crippen LogP contribution in [-0.2, 0) is 0 Å². The van der Waals surface area contributed by atoms with Crippen molar-refractivity contribution in [3.8, 4) is 5.75 Å². The topological polar surface area (TPSA) is 32.3 Å².